The van der Waals surface area contributed by atoms with Crippen LogP contribution >= 0.6 is 0 Å². The molecule has 0 spiro atoms. The van der Waals surface area contributed by atoms with Gasteiger partial charge in [0.05, 0.1) is 11.3 Å². The number of nitrogens with zero attached hydrogens (tertiary/aromatic N) is 1. The highest BCUT2D eigenvalue weighted by Crippen LogP contribution is 2.31. The third-order valence-corrected chi connectivity index (χ3v) is 2.49. The predicted octanol–water partition coefficient (Wildman–Crippen LogP) is 3.09. The molecule has 0 radical (unpaired) electrons. The quantitative estimate of drug-likeness (QED) is 0.910. The topological polar surface area (TPSA) is 61.3 Å². The summed E-state index contributed by atoms with van der Waals surface area (Å²) in [6, 6.07) is 6.18. The first-order valence-electron chi connectivity index (χ1n) is 5.41. The third kappa shape index (κ3) is 2.42. The summed E-state index contributed by atoms with van der Waals surface area (Å²) in [7, 11) is 0. The number of rotatable bonds is 4. The van der Waals surface area contributed by atoms with Gasteiger partial charge in [-0.05, 0) is 24.1 Å². The molecular weight excluding hydrogens is 242 g/mol. The molecule has 2 aromatic rings. The summed E-state index contributed by atoms with van der Waals surface area (Å²) in [5.41, 5.74) is 7.87. The lowest BCUT2D eigenvalue weighted by Gasteiger charge is -2.05. The summed E-state index contributed by atoms with van der Waals surface area (Å²) in [6.45, 7) is -0.905. The van der Waals surface area contributed by atoms with E-state index in [-0.39, 0.29) is 11.6 Å². The molecule has 0 atom stereocenters. The summed E-state index contributed by atoms with van der Waals surface area (Å²) < 4.78 is 33.2. The smallest absolute Gasteiger partial charge is 0.387 e. The van der Waals surface area contributed by atoms with Gasteiger partial charge in [-0.1, -0.05) is 24.2 Å². The maximum Gasteiger partial charge on any atom is 0.387 e. The van der Waals surface area contributed by atoms with E-state index < -0.39 is 6.61 Å². The van der Waals surface area contributed by atoms with Crippen molar-refractivity contribution < 1.29 is 18.0 Å². The first kappa shape index (κ1) is 12.3. The minimum atomic E-state index is -2.83. The fraction of sp³-hybridized carbons (Fsp3) is 0.250. The highest BCUT2D eigenvalue weighted by atomic mass is 19.3. The van der Waals surface area contributed by atoms with Crippen molar-refractivity contribution in [2.24, 2.45) is 0 Å². The van der Waals surface area contributed by atoms with E-state index in [1.807, 2.05) is 6.92 Å². The molecule has 1 aromatic carbocycles. The van der Waals surface area contributed by atoms with Gasteiger partial charge in [0.15, 0.2) is 0 Å². The Balaban J connectivity index is 2.31. The van der Waals surface area contributed by atoms with Crippen LogP contribution in [-0.2, 0) is 6.42 Å². The molecule has 0 amide bonds. The van der Waals surface area contributed by atoms with Crippen LogP contribution in [0.25, 0.3) is 11.1 Å². The van der Waals surface area contributed by atoms with Crippen molar-refractivity contribution >= 4 is 5.88 Å². The normalized spacial score (nSPS) is 10.9. The number of benzene rings is 1. The lowest BCUT2D eigenvalue weighted by atomic mass is 10.0. The zero-order valence-corrected chi connectivity index (χ0v) is 9.69. The Kier molecular flexibility index (Phi) is 3.45. The predicted molar refractivity (Wildman–Crippen MR) is 62.4 cm³/mol. The molecule has 2 N–H and O–H groups in total. The Hall–Kier alpha value is -2.11. The van der Waals surface area contributed by atoms with Crippen LogP contribution in [0.4, 0.5) is 14.7 Å². The molecule has 0 aliphatic carbocycles. The standard InChI is InChI=1S/C12H12F2N2O2/c1-2-9-10(11(15)18-16-9)7-3-5-8(6-4-7)17-12(13)14/h3-6,12H,2,15H2,1H3. The van der Waals surface area contributed by atoms with E-state index in [2.05, 4.69) is 9.89 Å². The second-order valence-electron chi connectivity index (χ2n) is 3.62. The SMILES string of the molecule is CCc1noc(N)c1-c1ccc(OC(F)F)cc1. The fourth-order valence-electron chi connectivity index (χ4n) is 1.69. The molecule has 1 heterocycles. The molecular formula is C12H12F2N2O2. The van der Waals surface area contributed by atoms with Gasteiger partial charge in [-0.15, -0.1) is 0 Å². The molecule has 1 aromatic heterocycles. The van der Waals surface area contributed by atoms with Crippen molar-refractivity contribution in [2.45, 2.75) is 20.0 Å². The number of anilines is 1. The zero-order valence-electron chi connectivity index (χ0n) is 9.69. The Morgan fingerprint density at radius 1 is 1.33 bits per heavy atom. The van der Waals surface area contributed by atoms with Gasteiger partial charge in [-0.25, -0.2) is 0 Å². The van der Waals surface area contributed by atoms with Crippen LogP contribution in [0.3, 0.4) is 0 Å². The molecule has 0 saturated heterocycles. The van der Waals surface area contributed by atoms with Crippen LogP contribution in [0.1, 0.15) is 12.6 Å². The first-order valence-corrected chi connectivity index (χ1v) is 5.41. The summed E-state index contributed by atoms with van der Waals surface area (Å²) in [5.74, 6) is 0.316. The molecule has 0 saturated carbocycles. The van der Waals surface area contributed by atoms with Gasteiger partial charge in [-0.3, -0.25) is 0 Å². The van der Waals surface area contributed by atoms with E-state index in [1.54, 1.807) is 12.1 Å². The van der Waals surface area contributed by atoms with E-state index in [4.69, 9.17) is 10.3 Å². The van der Waals surface area contributed by atoms with Crippen LogP contribution in [0.5, 0.6) is 5.75 Å². The van der Waals surface area contributed by atoms with Crippen molar-refractivity contribution in [3.8, 4) is 16.9 Å². The van der Waals surface area contributed by atoms with Crippen molar-refractivity contribution in [1.29, 1.82) is 0 Å². The van der Waals surface area contributed by atoms with Crippen molar-refractivity contribution in [3.05, 3.63) is 30.0 Å². The fourth-order valence-corrected chi connectivity index (χ4v) is 1.69. The van der Waals surface area contributed by atoms with Gasteiger partial charge in [0.2, 0.25) is 5.88 Å². The van der Waals surface area contributed by atoms with Gasteiger partial charge in [0.25, 0.3) is 0 Å². The van der Waals surface area contributed by atoms with Crippen LogP contribution in [0, 0.1) is 0 Å². The van der Waals surface area contributed by atoms with Gasteiger partial charge < -0.3 is 15.0 Å². The second-order valence-corrected chi connectivity index (χ2v) is 3.62. The van der Waals surface area contributed by atoms with Crippen molar-refractivity contribution in [2.75, 3.05) is 5.73 Å². The molecule has 96 valence electrons. The molecule has 0 aliphatic heterocycles. The average molecular weight is 254 g/mol. The number of aryl methyl sites for hydroxylation is 1. The number of alkyl halides is 2. The lowest BCUT2D eigenvalue weighted by molar-refractivity contribution is -0.0498. The minimum Gasteiger partial charge on any atom is -0.435 e. The Bertz CT molecular complexity index is 523. The maximum atomic E-state index is 12.0. The first-order chi connectivity index (χ1) is 8.61. The number of nitrogens with two attached hydrogens (primary N) is 1. The Labute approximate surface area is 102 Å². The maximum absolute atomic E-state index is 12.0. The summed E-state index contributed by atoms with van der Waals surface area (Å²) in [6.07, 6.45) is 0.672. The number of ether oxygens (including phenoxy) is 1. The summed E-state index contributed by atoms with van der Waals surface area (Å²) in [4.78, 5) is 0. The Morgan fingerprint density at radius 3 is 2.56 bits per heavy atom. The number of nitrogen functional groups attached to an aromatic ring is 1. The number of hydrogen-bond donors (Lipinski definition) is 1. The lowest BCUT2D eigenvalue weighted by Crippen LogP contribution is -2.01. The summed E-state index contributed by atoms with van der Waals surface area (Å²) >= 11 is 0. The van der Waals surface area contributed by atoms with Crippen LogP contribution in [0.15, 0.2) is 28.8 Å². The van der Waals surface area contributed by atoms with Gasteiger partial charge in [0, 0.05) is 0 Å². The van der Waals surface area contributed by atoms with E-state index in [1.165, 1.54) is 12.1 Å². The zero-order chi connectivity index (χ0) is 13.1. The van der Waals surface area contributed by atoms with Crippen molar-refractivity contribution in [1.82, 2.24) is 5.16 Å². The molecule has 6 heteroatoms. The van der Waals surface area contributed by atoms with Gasteiger partial charge >= 0.3 is 6.61 Å². The largest absolute Gasteiger partial charge is 0.435 e. The van der Waals surface area contributed by atoms with Gasteiger partial charge in [0.1, 0.15) is 5.75 Å². The van der Waals surface area contributed by atoms with Crippen LogP contribution in [-0.4, -0.2) is 11.8 Å². The van der Waals surface area contributed by atoms with E-state index in [9.17, 15) is 8.78 Å². The average Bonchev–Trinajstić information content (AvgIpc) is 2.71. The van der Waals surface area contributed by atoms with Crippen LogP contribution in [0.2, 0.25) is 0 Å². The number of hydrogen-bond acceptors (Lipinski definition) is 4. The van der Waals surface area contributed by atoms with Crippen molar-refractivity contribution in [3.63, 3.8) is 0 Å². The molecule has 2 rings (SSSR count). The number of halogens is 2. The van der Waals surface area contributed by atoms with E-state index in [0.29, 0.717) is 12.0 Å². The van der Waals surface area contributed by atoms with Gasteiger partial charge in [-0.2, -0.15) is 8.78 Å². The highest BCUT2D eigenvalue weighted by Gasteiger charge is 2.14. The molecule has 0 fully saturated rings. The number of aromatic nitrogens is 1. The summed E-state index contributed by atoms with van der Waals surface area (Å²) in [5, 5.41) is 3.83. The second kappa shape index (κ2) is 5.03. The molecule has 0 aliphatic rings. The highest BCUT2D eigenvalue weighted by molar-refractivity contribution is 5.75. The molecule has 0 unspecified atom stereocenters. The van der Waals surface area contributed by atoms with E-state index in [0.717, 1.165) is 11.3 Å². The third-order valence-electron chi connectivity index (χ3n) is 2.49. The monoisotopic (exact) mass is 254 g/mol. The molecule has 0 bridgehead atoms. The minimum absolute atomic E-state index is 0.0989. The Morgan fingerprint density at radius 2 is 2.00 bits per heavy atom. The van der Waals surface area contributed by atoms with E-state index >= 15 is 0 Å². The molecule has 4 nitrogen and oxygen atoms in total. The molecule has 18 heavy (non-hydrogen) atoms. The van der Waals surface area contributed by atoms with Crippen LogP contribution < -0.4 is 10.5 Å².